The van der Waals surface area contributed by atoms with Crippen molar-refractivity contribution in [3.63, 3.8) is 0 Å². The van der Waals surface area contributed by atoms with Gasteiger partial charge in [0.15, 0.2) is 9.84 Å². The number of hydrogen-bond donors (Lipinski definition) is 1. The van der Waals surface area contributed by atoms with Crippen LogP contribution in [0.3, 0.4) is 0 Å². The van der Waals surface area contributed by atoms with E-state index in [1.807, 2.05) is 5.92 Å². The number of nitrogens with zero attached hydrogens (tertiary/aromatic N) is 1. The molecule has 1 aromatic rings. The van der Waals surface area contributed by atoms with E-state index in [0.717, 1.165) is 0 Å². The van der Waals surface area contributed by atoms with Crippen molar-refractivity contribution in [3.8, 4) is 12.3 Å². The average molecular weight is 238 g/mol. The van der Waals surface area contributed by atoms with Gasteiger partial charge >= 0.3 is 0 Å². The Hall–Kier alpha value is -1.87. The quantitative estimate of drug-likeness (QED) is 0.753. The lowest BCUT2D eigenvalue weighted by Gasteiger charge is -2.03. The summed E-state index contributed by atoms with van der Waals surface area (Å²) in [4.78, 5) is 15.1. The Morgan fingerprint density at radius 3 is 2.81 bits per heavy atom. The zero-order valence-electron chi connectivity index (χ0n) is 8.38. The van der Waals surface area contributed by atoms with Gasteiger partial charge in [0.2, 0.25) is 5.91 Å². The summed E-state index contributed by atoms with van der Waals surface area (Å²) in [7, 11) is -3.53. The first-order valence-electron chi connectivity index (χ1n) is 4.38. The Labute approximate surface area is 93.8 Å². The summed E-state index contributed by atoms with van der Waals surface area (Å²) in [6.45, 7) is 0. The molecule has 1 heterocycles. The van der Waals surface area contributed by atoms with Crippen molar-refractivity contribution in [2.24, 2.45) is 0 Å². The standard InChI is InChI=1S/C10H10N2O3S/c1-2-7-16(14,15)8-10(13)12-9-5-3-4-6-11-9/h1,3-6H,7-8H2,(H,11,12,13). The second kappa shape index (κ2) is 5.28. The van der Waals surface area contributed by atoms with Crippen molar-refractivity contribution in [2.75, 3.05) is 16.8 Å². The van der Waals surface area contributed by atoms with E-state index in [9.17, 15) is 13.2 Å². The highest BCUT2D eigenvalue weighted by Gasteiger charge is 2.15. The number of sulfone groups is 1. The van der Waals surface area contributed by atoms with Gasteiger partial charge in [-0.1, -0.05) is 12.0 Å². The Morgan fingerprint density at radius 1 is 1.50 bits per heavy atom. The Morgan fingerprint density at radius 2 is 2.25 bits per heavy atom. The minimum absolute atomic E-state index is 0.309. The lowest BCUT2D eigenvalue weighted by molar-refractivity contribution is -0.113. The van der Waals surface area contributed by atoms with Crippen LogP contribution in [0.5, 0.6) is 0 Å². The fourth-order valence-corrected chi connectivity index (χ4v) is 1.82. The third-order valence-electron chi connectivity index (χ3n) is 1.59. The van der Waals surface area contributed by atoms with Gasteiger partial charge in [-0.3, -0.25) is 4.79 Å². The molecule has 0 atom stereocenters. The molecule has 0 saturated heterocycles. The molecule has 5 nitrogen and oxygen atoms in total. The number of rotatable bonds is 4. The summed E-state index contributed by atoms with van der Waals surface area (Å²) < 4.78 is 22.4. The van der Waals surface area contributed by atoms with Crippen LogP contribution in [0.1, 0.15) is 0 Å². The smallest absolute Gasteiger partial charge is 0.240 e. The van der Waals surface area contributed by atoms with Crippen LogP contribution in [0.4, 0.5) is 5.82 Å². The molecule has 16 heavy (non-hydrogen) atoms. The molecule has 0 aliphatic rings. The van der Waals surface area contributed by atoms with Gasteiger partial charge in [0.1, 0.15) is 17.3 Å². The zero-order chi connectivity index (χ0) is 12.0. The second-order valence-electron chi connectivity index (χ2n) is 3.00. The lowest BCUT2D eigenvalue weighted by atomic mass is 10.4. The SMILES string of the molecule is C#CCS(=O)(=O)CC(=O)Nc1ccccn1. The molecule has 0 radical (unpaired) electrons. The molecule has 1 rings (SSSR count). The second-order valence-corrected chi connectivity index (χ2v) is 5.06. The highest BCUT2D eigenvalue weighted by Crippen LogP contribution is 2.00. The fourth-order valence-electron chi connectivity index (χ4n) is 0.993. The molecule has 0 saturated carbocycles. The minimum atomic E-state index is -3.53. The van der Waals surface area contributed by atoms with Gasteiger partial charge in [-0.2, -0.15) is 0 Å². The largest absolute Gasteiger partial charge is 0.310 e. The highest BCUT2D eigenvalue weighted by atomic mass is 32.2. The number of aromatic nitrogens is 1. The van der Waals surface area contributed by atoms with Crippen LogP contribution in [-0.2, 0) is 14.6 Å². The minimum Gasteiger partial charge on any atom is -0.310 e. The summed E-state index contributed by atoms with van der Waals surface area (Å²) in [6, 6.07) is 4.93. The molecule has 0 bridgehead atoms. The van der Waals surface area contributed by atoms with Crippen LogP contribution in [0, 0.1) is 12.3 Å². The predicted octanol–water partition coefficient (Wildman–Crippen LogP) is 0.0681. The van der Waals surface area contributed by atoms with Gasteiger partial charge in [-0.15, -0.1) is 6.42 Å². The van der Waals surface area contributed by atoms with Crippen molar-refractivity contribution in [1.29, 1.82) is 0 Å². The summed E-state index contributed by atoms with van der Waals surface area (Å²) in [6.07, 6.45) is 6.36. The van der Waals surface area contributed by atoms with Gasteiger partial charge in [0.05, 0.1) is 0 Å². The first-order valence-corrected chi connectivity index (χ1v) is 6.20. The van der Waals surface area contributed by atoms with E-state index in [-0.39, 0.29) is 0 Å². The van der Waals surface area contributed by atoms with E-state index in [4.69, 9.17) is 6.42 Å². The van der Waals surface area contributed by atoms with Crippen LogP contribution in [0.2, 0.25) is 0 Å². The summed E-state index contributed by atoms with van der Waals surface area (Å²) in [5, 5.41) is 2.36. The van der Waals surface area contributed by atoms with E-state index >= 15 is 0 Å². The third-order valence-corrected chi connectivity index (χ3v) is 2.90. The molecule has 1 N–H and O–H groups in total. The molecule has 0 aliphatic heterocycles. The van der Waals surface area contributed by atoms with Crippen molar-refractivity contribution < 1.29 is 13.2 Å². The van der Waals surface area contributed by atoms with Gasteiger partial charge in [-0.25, -0.2) is 13.4 Å². The van der Waals surface area contributed by atoms with Crippen LogP contribution >= 0.6 is 0 Å². The number of pyridine rings is 1. The Bertz CT molecular complexity index is 503. The van der Waals surface area contributed by atoms with Crippen LogP contribution in [0.25, 0.3) is 0 Å². The van der Waals surface area contributed by atoms with Crippen molar-refractivity contribution in [3.05, 3.63) is 24.4 Å². The van der Waals surface area contributed by atoms with Gasteiger partial charge in [0, 0.05) is 6.20 Å². The molecular weight excluding hydrogens is 228 g/mol. The maximum absolute atomic E-state index is 11.3. The number of terminal acetylenes is 1. The van der Waals surface area contributed by atoms with Crippen LogP contribution < -0.4 is 5.32 Å². The number of anilines is 1. The van der Waals surface area contributed by atoms with E-state index < -0.39 is 27.3 Å². The summed E-state index contributed by atoms with van der Waals surface area (Å²) in [5.41, 5.74) is 0. The molecule has 1 aromatic heterocycles. The molecule has 1 amide bonds. The van der Waals surface area contributed by atoms with E-state index in [1.54, 1.807) is 18.2 Å². The number of amides is 1. The fraction of sp³-hybridized carbons (Fsp3) is 0.200. The third kappa shape index (κ3) is 4.11. The first kappa shape index (κ1) is 12.2. The number of nitrogens with one attached hydrogen (secondary N) is 1. The Balaban J connectivity index is 2.59. The molecule has 0 spiro atoms. The van der Waals surface area contributed by atoms with E-state index in [0.29, 0.717) is 5.82 Å². The van der Waals surface area contributed by atoms with Crippen molar-refractivity contribution in [1.82, 2.24) is 4.98 Å². The lowest BCUT2D eigenvalue weighted by Crippen LogP contribution is -2.24. The van der Waals surface area contributed by atoms with Crippen molar-refractivity contribution >= 4 is 21.6 Å². The molecule has 84 valence electrons. The number of hydrogen-bond acceptors (Lipinski definition) is 4. The summed E-state index contributed by atoms with van der Waals surface area (Å²) >= 11 is 0. The molecule has 0 aromatic carbocycles. The average Bonchev–Trinajstić information content (AvgIpc) is 2.17. The Kier molecular flexibility index (Phi) is 4.03. The molecule has 0 unspecified atom stereocenters. The molecule has 0 fully saturated rings. The maximum atomic E-state index is 11.3. The maximum Gasteiger partial charge on any atom is 0.240 e. The van der Waals surface area contributed by atoms with Gasteiger partial charge < -0.3 is 5.32 Å². The predicted molar refractivity (Wildman–Crippen MR) is 60.4 cm³/mol. The molecule has 0 aliphatic carbocycles. The molecule has 6 heteroatoms. The topological polar surface area (TPSA) is 76.1 Å². The summed E-state index contributed by atoms with van der Waals surface area (Å²) in [5.74, 6) is 0.585. The molecular formula is C10H10N2O3S. The van der Waals surface area contributed by atoms with Crippen LogP contribution in [-0.4, -0.2) is 30.8 Å². The van der Waals surface area contributed by atoms with E-state index in [1.165, 1.54) is 6.20 Å². The van der Waals surface area contributed by atoms with Crippen molar-refractivity contribution in [2.45, 2.75) is 0 Å². The number of carbonyl (C=O) groups excluding carboxylic acids is 1. The normalized spacial score (nSPS) is 10.4. The van der Waals surface area contributed by atoms with Gasteiger partial charge in [0.25, 0.3) is 0 Å². The van der Waals surface area contributed by atoms with Crippen LogP contribution in [0.15, 0.2) is 24.4 Å². The monoisotopic (exact) mass is 238 g/mol. The number of carbonyl (C=O) groups is 1. The first-order chi connectivity index (χ1) is 7.53. The van der Waals surface area contributed by atoms with Gasteiger partial charge in [-0.05, 0) is 12.1 Å². The van der Waals surface area contributed by atoms with E-state index in [2.05, 4.69) is 10.3 Å². The zero-order valence-corrected chi connectivity index (χ0v) is 9.20. The highest BCUT2D eigenvalue weighted by molar-refractivity contribution is 7.92.